The van der Waals surface area contributed by atoms with Crippen molar-refractivity contribution in [1.82, 2.24) is 5.32 Å². The van der Waals surface area contributed by atoms with Gasteiger partial charge in [0.15, 0.2) is 0 Å². The molecule has 2 N–H and O–H groups in total. The predicted octanol–water partition coefficient (Wildman–Crippen LogP) is 2.82. The molecule has 0 heterocycles. The van der Waals surface area contributed by atoms with Gasteiger partial charge in [0.2, 0.25) is 0 Å². The van der Waals surface area contributed by atoms with E-state index in [-0.39, 0.29) is 5.91 Å². The van der Waals surface area contributed by atoms with Crippen LogP contribution in [0, 0.1) is 0 Å². The molecule has 0 fully saturated rings. The zero-order valence-electron chi connectivity index (χ0n) is 11.3. The van der Waals surface area contributed by atoms with Crippen molar-refractivity contribution >= 4 is 22.6 Å². The van der Waals surface area contributed by atoms with Crippen LogP contribution in [0.3, 0.4) is 0 Å². The van der Waals surface area contributed by atoms with E-state index in [0.717, 1.165) is 10.8 Å². The number of carbonyl (C=O) groups excluding carboxylic acids is 1. The predicted molar refractivity (Wildman–Crippen MR) is 77.7 cm³/mol. The number of hydrogen-bond donors (Lipinski definition) is 2. The van der Waals surface area contributed by atoms with E-state index < -0.39 is 12.0 Å². The van der Waals surface area contributed by atoms with Gasteiger partial charge in [-0.2, -0.15) is 0 Å². The van der Waals surface area contributed by atoms with Crippen LogP contribution >= 0.6 is 0 Å². The number of rotatable bonds is 5. The monoisotopic (exact) mass is 271 g/mol. The zero-order chi connectivity index (χ0) is 14.5. The SMILES string of the molecule is CCCC(NC(=O)c1cccc2ccccc12)C(=O)O. The van der Waals surface area contributed by atoms with Crippen LogP contribution in [0.1, 0.15) is 30.1 Å². The Morgan fingerprint density at radius 2 is 1.85 bits per heavy atom. The Balaban J connectivity index is 2.29. The summed E-state index contributed by atoms with van der Waals surface area (Å²) in [7, 11) is 0. The lowest BCUT2D eigenvalue weighted by atomic mass is 10.0. The molecule has 2 aromatic rings. The van der Waals surface area contributed by atoms with Gasteiger partial charge in [0, 0.05) is 5.56 Å². The summed E-state index contributed by atoms with van der Waals surface area (Å²) in [5.74, 6) is -1.34. The van der Waals surface area contributed by atoms with Crippen LogP contribution < -0.4 is 5.32 Å². The molecule has 0 saturated carbocycles. The van der Waals surface area contributed by atoms with Crippen LogP contribution in [0.4, 0.5) is 0 Å². The molecule has 4 heteroatoms. The molecule has 0 bridgehead atoms. The normalized spacial score (nSPS) is 12.1. The molecule has 1 unspecified atom stereocenters. The van der Waals surface area contributed by atoms with Gasteiger partial charge in [-0.25, -0.2) is 4.79 Å². The number of carboxylic acid groups (broad SMARTS) is 1. The van der Waals surface area contributed by atoms with Crippen LogP contribution in [0.2, 0.25) is 0 Å². The highest BCUT2D eigenvalue weighted by atomic mass is 16.4. The zero-order valence-corrected chi connectivity index (χ0v) is 11.3. The minimum absolute atomic E-state index is 0.345. The van der Waals surface area contributed by atoms with Gasteiger partial charge in [-0.1, -0.05) is 49.7 Å². The minimum Gasteiger partial charge on any atom is -0.480 e. The highest BCUT2D eigenvalue weighted by Crippen LogP contribution is 2.18. The summed E-state index contributed by atoms with van der Waals surface area (Å²) in [6.07, 6.45) is 1.12. The fourth-order valence-corrected chi connectivity index (χ4v) is 2.21. The summed E-state index contributed by atoms with van der Waals surface area (Å²) in [4.78, 5) is 23.4. The lowest BCUT2D eigenvalue weighted by molar-refractivity contribution is -0.139. The molecule has 2 rings (SSSR count). The molecule has 0 aliphatic carbocycles. The molecule has 0 spiro atoms. The Morgan fingerprint density at radius 1 is 1.15 bits per heavy atom. The first-order chi connectivity index (χ1) is 9.63. The summed E-state index contributed by atoms with van der Waals surface area (Å²) in [5.41, 5.74) is 0.505. The third-order valence-corrected chi connectivity index (χ3v) is 3.22. The molecule has 0 aromatic heterocycles. The first-order valence-electron chi connectivity index (χ1n) is 6.65. The van der Waals surface area contributed by atoms with Gasteiger partial charge in [0.05, 0.1) is 0 Å². The minimum atomic E-state index is -1.000. The van der Waals surface area contributed by atoms with Crippen molar-refractivity contribution < 1.29 is 14.7 Å². The molecule has 4 nitrogen and oxygen atoms in total. The number of fused-ring (bicyclic) bond motifs is 1. The Bertz CT molecular complexity index is 631. The van der Waals surface area contributed by atoms with Gasteiger partial charge in [-0.15, -0.1) is 0 Å². The third-order valence-electron chi connectivity index (χ3n) is 3.22. The highest BCUT2D eigenvalue weighted by molar-refractivity contribution is 6.07. The van der Waals surface area contributed by atoms with Gasteiger partial charge >= 0.3 is 5.97 Å². The molecule has 0 saturated heterocycles. The average Bonchev–Trinajstić information content (AvgIpc) is 2.46. The van der Waals surface area contributed by atoms with Gasteiger partial charge in [-0.05, 0) is 23.3 Å². The standard InChI is InChI=1S/C16H17NO3/c1-2-6-14(16(19)20)17-15(18)13-10-5-8-11-7-3-4-9-12(11)13/h3-5,7-10,14H,2,6H2,1H3,(H,17,18)(H,19,20). The van der Waals surface area contributed by atoms with E-state index in [0.29, 0.717) is 18.4 Å². The summed E-state index contributed by atoms with van der Waals surface area (Å²) in [6, 6.07) is 12.1. The van der Waals surface area contributed by atoms with E-state index in [1.54, 1.807) is 12.1 Å². The molecule has 0 aliphatic heterocycles. The van der Waals surface area contributed by atoms with Gasteiger partial charge < -0.3 is 10.4 Å². The van der Waals surface area contributed by atoms with Crippen LogP contribution in [0.25, 0.3) is 10.8 Å². The summed E-state index contributed by atoms with van der Waals surface area (Å²) in [6.45, 7) is 1.89. The summed E-state index contributed by atoms with van der Waals surface area (Å²) in [5, 5.41) is 13.5. The van der Waals surface area contributed by atoms with E-state index in [2.05, 4.69) is 5.32 Å². The van der Waals surface area contributed by atoms with E-state index in [9.17, 15) is 9.59 Å². The number of aliphatic carboxylic acids is 1. The quantitative estimate of drug-likeness (QED) is 0.878. The fourth-order valence-electron chi connectivity index (χ4n) is 2.21. The second kappa shape index (κ2) is 6.19. The van der Waals surface area contributed by atoms with Gasteiger partial charge in [0.25, 0.3) is 5.91 Å². The molecule has 1 amide bonds. The highest BCUT2D eigenvalue weighted by Gasteiger charge is 2.20. The molecule has 2 aromatic carbocycles. The number of benzene rings is 2. The first-order valence-corrected chi connectivity index (χ1v) is 6.65. The van der Waals surface area contributed by atoms with Crippen molar-refractivity contribution in [2.24, 2.45) is 0 Å². The number of hydrogen-bond acceptors (Lipinski definition) is 2. The van der Waals surface area contributed by atoms with Crippen molar-refractivity contribution in [1.29, 1.82) is 0 Å². The van der Waals surface area contributed by atoms with Crippen LogP contribution in [-0.2, 0) is 4.79 Å². The molecule has 1 atom stereocenters. The number of amides is 1. The van der Waals surface area contributed by atoms with E-state index >= 15 is 0 Å². The number of carboxylic acids is 1. The lowest BCUT2D eigenvalue weighted by Crippen LogP contribution is -2.40. The molecular formula is C16H17NO3. The Kier molecular flexibility index (Phi) is 4.35. The fraction of sp³-hybridized carbons (Fsp3) is 0.250. The van der Waals surface area contributed by atoms with Crippen LogP contribution in [-0.4, -0.2) is 23.0 Å². The van der Waals surface area contributed by atoms with E-state index in [1.165, 1.54) is 0 Å². The van der Waals surface area contributed by atoms with Crippen molar-refractivity contribution in [3.05, 3.63) is 48.0 Å². The van der Waals surface area contributed by atoms with Crippen molar-refractivity contribution in [2.75, 3.05) is 0 Å². The van der Waals surface area contributed by atoms with Crippen LogP contribution in [0.5, 0.6) is 0 Å². The van der Waals surface area contributed by atoms with Gasteiger partial charge in [-0.3, -0.25) is 4.79 Å². The Hall–Kier alpha value is -2.36. The second-order valence-electron chi connectivity index (χ2n) is 4.68. The Morgan fingerprint density at radius 3 is 2.55 bits per heavy atom. The maximum atomic E-state index is 12.3. The van der Waals surface area contributed by atoms with Crippen molar-refractivity contribution in [2.45, 2.75) is 25.8 Å². The number of nitrogens with one attached hydrogen (secondary N) is 1. The lowest BCUT2D eigenvalue weighted by Gasteiger charge is -2.14. The van der Waals surface area contributed by atoms with Gasteiger partial charge in [0.1, 0.15) is 6.04 Å². The molecule has 0 aliphatic rings. The van der Waals surface area contributed by atoms with E-state index in [1.807, 2.05) is 37.3 Å². The molecular weight excluding hydrogens is 254 g/mol. The molecule has 104 valence electrons. The van der Waals surface area contributed by atoms with E-state index in [4.69, 9.17) is 5.11 Å². The first kappa shape index (κ1) is 14.1. The summed E-state index contributed by atoms with van der Waals surface area (Å²) >= 11 is 0. The largest absolute Gasteiger partial charge is 0.480 e. The molecule has 0 radical (unpaired) electrons. The smallest absolute Gasteiger partial charge is 0.326 e. The van der Waals surface area contributed by atoms with Crippen molar-refractivity contribution in [3.8, 4) is 0 Å². The third kappa shape index (κ3) is 2.96. The van der Waals surface area contributed by atoms with Crippen LogP contribution in [0.15, 0.2) is 42.5 Å². The Labute approximate surface area is 117 Å². The average molecular weight is 271 g/mol. The molecule has 20 heavy (non-hydrogen) atoms. The second-order valence-corrected chi connectivity index (χ2v) is 4.68. The maximum Gasteiger partial charge on any atom is 0.326 e. The maximum absolute atomic E-state index is 12.3. The number of carbonyl (C=O) groups is 2. The topological polar surface area (TPSA) is 66.4 Å². The van der Waals surface area contributed by atoms with Crippen molar-refractivity contribution in [3.63, 3.8) is 0 Å². The summed E-state index contributed by atoms with van der Waals surface area (Å²) < 4.78 is 0.